The minimum absolute atomic E-state index is 0.0159. The monoisotopic (exact) mass is 553 g/mol. The van der Waals surface area contributed by atoms with E-state index in [1.54, 1.807) is 36.4 Å². The maximum absolute atomic E-state index is 13.0. The molecule has 0 aliphatic carbocycles. The van der Waals surface area contributed by atoms with Crippen LogP contribution in [0.15, 0.2) is 67.0 Å². The molecule has 0 unspecified atom stereocenters. The summed E-state index contributed by atoms with van der Waals surface area (Å²) in [4.78, 5) is 37.5. The minimum Gasteiger partial charge on any atom is -0.478 e. The van der Waals surface area contributed by atoms with Gasteiger partial charge in [0.2, 0.25) is 5.95 Å². The summed E-state index contributed by atoms with van der Waals surface area (Å²) in [6.45, 7) is 0.900. The fourth-order valence-corrected chi connectivity index (χ4v) is 3.93. The number of pyridine rings is 1. The molecule has 194 valence electrons. The zero-order chi connectivity index (χ0) is 27.1. The largest absolute Gasteiger partial charge is 0.478 e. The standard InChI is InChI=1S/C25H21Cl2N7O4/c26-14-5-7-18(19(27)11-14)22-20(32-23(35)16-3-1-2-4-17(16)24(36)37)13-31-25(33-22)29-10-9-28-21-8-6-15(34-38)12-30-21/h1-8,11-13,34,38H,9-10H2,(H,28,30)(H,32,35)(H,36,37)(H,29,31,33). The molecule has 6 N–H and O–H groups in total. The molecule has 0 aliphatic rings. The number of benzene rings is 2. The van der Waals surface area contributed by atoms with Gasteiger partial charge >= 0.3 is 5.97 Å². The summed E-state index contributed by atoms with van der Waals surface area (Å²) in [5, 5.41) is 27.9. The van der Waals surface area contributed by atoms with Crippen molar-refractivity contribution < 1.29 is 19.9 Å². The van der Waals surface area contributed by atoms with Crippen LogP contribution in [0.4, 0.5) is 23.1 Å². The van der Waals surface area contributed by atoms with Gasteiger partial charge in [0.05, 0.1) is 39.9 Å². The molecule has 2 aromatic carbocycles. The molecule has 0 fully saturated rings. The van der Waals surface area contributed by atoms with E-state index in [0.717, 1.165) is 0 Å². The number of aromatic carboxylic acids is 1. The van der Waals surface area contributed by atoms with Gasteiger partial charge in [0.1, 0.15) is 11.5 Å². The van der Waals surface area contributed by atoms with Crippen molar-refractivity contribution in [2.45, 2.75) is 0 Å². The number of rotatable bonds is 10. The van der Waals surface area contributed by atoms with E-state index in [1.165, 1.54) is 30.6 Å². The van der Waals surface area contributed by atoms with Crippen molar-refractivity contribution in [3.63, 3.8) is 0 Å². The topological polar surface area (TPSA) is 161 Å². The molecule has 0 atom stereocenters. The van der Waals surface area contributed by atoms with Gasteiger partial charge in [0, 0.05) is 23.7 Å². The molecule has 4 aromatic rings. The molecule has 0 saturated carbocycles. The lowest BCUT2D eigenvalue weighted by molar-refractivity contribution is 0.0692. The first-order chi connectivity index (χ1) is 18.4. The Morgan fingerprint density at radius 1 is 0.895 bits per heavy atom. The zero-order valence-corrected chi connectivity index (χ0v) is 21.1. The number of hydrogen-bond donors (Lipinski definition) is 6. The quantitative estimate of drug-likeness (QED) is 0.115. The van der Waals surface area contributed by atoms with E-state index >= 15 is 0 Å². The molecule has 0 radical (unpaired) electrons. The van der Waals surface area contributed by atoms with Crippen LogP contribution < -0.4 is 21.4 Å². The number of carbonyl (C=O) groups excluding carboxylic acids is 1. The van der Waals surface area contributed by atoms with Gasteiger partial charge in [-0.25, -0.2) is 19.7 Å². The maximum atomic E-state index is 13.0. The summed E-state index contributed by atoms with van der Waals surface area (Å²) in [6.07, 6.45) is 2.88. The minimum atomic E-state index is -1.22. The van der Waals surface area contributed by atoms with Crippen molar-refractivity contribution in [1.82, 2.24) is 15.0 Å². The number of carbonyl (C=O) groups is 2. The fourth-order valence-electron chi connectivity index (χ4n) is 3.43. The van der Waals surface area contributed by atoms with Crippen molar-refractivity contribution in [2.75, 3.05) is 34.5 Å². The second-order valence-corrected chi connectivity index (χ2v) is 8.63. The summed E-state index contributed by atoms with van der Waals surface area (Å²) >= 11 is 12.5. The van der Waals surface area contributed by atoms with Crippen LogP contribution in [0.1, 0.15) is 20.7 Å². The van der Waals surface area contributed by atoms with E-state index in [-0.39, 0.29) is 22.8 Å². The molecular formula is C25H21Cl2N7O4. The second kappa shape index (κ2) is 12.2. The van der Waals surface area contributed by atoms with Crippen molar-refractivity contribution in [1.29, 1.82) is 0 Å². The average molecular weight is 554 g/mol. The lowest BCUT2D eigenvalue weighted by atomic mass is 10.1. The molecule has 0 saturated heterocycles. The Balaban J connectivity index is 1.55. The normalized spacial score (nSPS) is 10.5. The summed E-state index contributed by atoms with van der Waals surface area (Å²) in [6, 6.07) is 14.1. The molecule has 4 rings (SSSR count). The fraction of sp³-hybridized carbons (Fsp3) is 0.0800. The van der Waals surface area contributed by atoms with Gasteiger partial charge in [0.25, 0.3) is 5.91 Å². The third-order valence-electron chi connectivity index (χ3n) is 5.23. The highest BCUT2D eigenvalue weighted by Crippen LogP contribution is 2.34. The SMILES string of the molecule is O=C(O)c1ccccc1C(=O)Nc1cnc(NCCNc2ccc(NO)cn2)nc1-c1ccc(Cl)cc1Cl. The number of nitrogens with zero attached hydrogens (tertiary/aromatic N) is 3. The van der Waals surface area contributed by atoms with Gasteiger partial charge in [-0.15, -0.1) is 0 Å². The average Bonchev–Trinajstić information content (AvgIpc) is 2.92. The van der Waals surface area contributed by atoms with Crippen LogP contribution in [0.3, 0.4) is 0 Å². The first-order valence-electron chi connectivity index (χ1n) is 11.2. The van der Waals surface area contributed by atoms with Gasteiger partial charge in [0.15, 0.2) is 0 Å². The van der Waals surface area contributed by atoms with Crippen molar-refractivity contribution >= 4 is 58.2 Å². The number of aromatic nitrogens is 3. The molecule has 0 bridgehead atoms. The Kier molecular flexibility index (Phi) is 8.54. The summed E-state index contributed by atoms with van der Waals surface area (Å²) in [7, 11) is 0. The number of hydrogen-bond acceptors (Lipinski definition) is 9. The van der Waals surface area contributed by atoms with Gasteiger partial charge in [-0.3, -0.25) is 15.5 Å². The number of nitrogens with one attached hydrogen (secondary N) is 4. The van der Waals surface area contributed by atoms with Crippen LogP contribution in [0.5, 0.6) is 0 Å². The van der Waals surface area contributed by atoms with Crippen LogP contribution in [0, 0.1) is 0 Å². The maximum Gasteiger partial charge on any atom is 0.336 e. The number of halogens is 2. The zero-order valence-electron chi connectivity index (χ0n) is 19.6. The molecule has 1 amide bonds. The summed E-state index contributed by atoms with van der Waals surface area (Å²) < 4.78 is 0. The lowest BCUT2D eigenvalue weighted by Crippen LogP contribution is -2.18. The van der Waals surface area contributed by atoms with Crippen molar-refractivity contribution in [2.24, 2.45) is 0 Å². The van der Waals surface area contributed by atoms with Crippen LogP contribution in [0.25, 0.3) is 11.3 Å². The van der Waals surface area contributed by atoms with E-state index in [9.17, 15) is 14.7 Å². The molecule has 13 heteroatoms. The molecule has 38 heavy (non-hydrogen) atoms. The molecule has 2 heterocycles. The highest BCUT2D eigenvalue weighted by molar-refractivity contribution is 6.36. The lowest BCUT2D eigenvalue weighted by Gasteiger charge is -2.14. The van der Waals surface area contributed by atoms with E-state index < -0.39 is 11.9 Å². The molecular weight excluding hydrogens is 533 g/mol. The van der Waals surface area contributed by atoms with Gasteiger partial charge < -0.3 is 21.1 Å². The predicted molar refractivity (Wildman–Crippen MR) is 145 cm³/mol. The third-order valence-corrected chi connectivity index (χ3v) is 5.78. The summed E-state index contributed by atoms with van der Waals surface area (Å²) in [5.74, 6) is -0.986. The summed E-state index contributed by atoms with van der Waals surface area (Å²) in [5.41, 5.74) is 3.35. The molecule has 2 aromatic heterocycles. The number of anilines is 4. The van der Waals surface area contributed by atoms with Gasteiger partial charge in [-0.05, 0) is 42.5 Å². The van der Waals surface area contributed by atoms with Gasteiger partial charge in [-0.1, -0.05) is 35.3 Å². The number of amides is 1. The third kappa shape index (κ3) is 6.45. The van der Waals surface area contributed by atoms with Crippen LogP contribution in [0.2, 0.25) is 10.0 Å². The Morgan fingerprint density at radius 3 is 2.34 bits per heavy atom. The Bertz CT molecular complexity index is 1470. The Hall–Kier alpha value is -4.45. The van der Waals surface area contributed by atoms with E-state index in [4.69, 9.17) is 28.4 Å². The smallest absolute Gasteiger partial charge is 0.336 e. The van der Waals surface area contributed by atoms with E-state index in [2.05, 4.69) is 30.9 Å². The first kappa shape index (κ1) is 26.6. The molecule has 11 nitrogen and oxygen atoms in total. The van der Waals surface area contributed by atoms with E-state index in [1.807, 2.05) is 5.48 Å². The highest BCUT2D eigenvalue weighted by Gasteiger charge is 2.19. The van der Waals surface area contributed by atoms with Crippen LogP contribution in [-0.4, -0.2) is 50.2 Å². The Morgan fingerprint density at radius 2 is 1.66 bits per heavy atom. The van der Waals surface area contributed by atoms with E-state index in [0.29, 0.717) is 45.9 Å². The number of carboxylic acids is 1. The molecule has 0 spiro atoms. The van der Waals surface area contributed by atoms with Crippen molar-refractivity contribution in [3.8, 4) is 11.3 Å². The van der Waals surface area contributed by atoms with Crippen molar-refractivity contribution in [3.05, 3.63) is 88.2 Å². The van der Waals surface area contributed by atoms with Gasteiger partial charge in [-0.2, -0.15) is 0 Å². The molecule has 0 aliphatic heterocycles. The highest BCUT2D eigenvalue weighted by atomic mass is 35.5. The Labute approximate surface area is 226 Å². The van der Waals surface area contributed by atoms with Crippen LogP contribution >= 0.6 is 23.2 Å². The second-order valence-electron chi connectivity index (χ2n) is 7.78. The van der Waals surface area contributed by atoms with Crippen LogP contribution in [-0.2, 0) is 0 Å². The number of carboxylic acid groups (broad SMARTS) is 1. The first-order valence-corrected chi connectivity index (χ1v) is 11.9. The predicted octanol–water partition coefficient (Wildman–Crippen LogP) is 5.12.